The Balaban J connectivity index is 2.37. The Morgan fingerprint density at radius 1 is 1.32 bits per heavy atom. The quantitative estimate of drug-likeness (QED) is 0.382. The highest BCUT2D eigenvalue weighted by Crippen LogP contribution is 2.26. The summed E-state index contributed by atoms with van der Waals surface area (Å²) in [6, 6.07) is 6.92. The number of halogens is 4. The minimum atomic E-state index is -4.24. The van der Waals surface area contributed by atoms with E-state index in [1.807, 2.05) is 6.92 Å². The van der Waals surface area contributed by atoms with E-state index in [0.29, 0.717) is 23.5 Å². The van der Waals surface area contributed by atoms with Crippen LogP contribution in [0.3, 0.4) is 0 Å². The summed E-state index contributed by atoms with van der Waals surface area (Å²) in [5, 5.41) is 0.565. The second kappa shape index (κ2) is 9.59. The number of carbonyl (C=O) groups excluding carboxylic acids is 1. The van der Waals surface area contributed by atoms with Gasteiger partial charge in [0.1, 0.15) is 0 Å². The number of carbonyl (C=O) groups is 1. The zero-order valence-electron chi connectivity index (χ0n) is 15.4. The van der Waals surface area contributed by atoms with Gasteiger partial charge in [-0.05, 0) is 31.9 Å². The van der Waals surface area contributed by atoms with Gasteiger partial charge >= 0.3 is 6.18 Å². The molecule has 0 saturated heterocycles. The van der Waals surface area contributed by atoms with E-state index in [1.54, 1.807) is 47.6 Å². The summed E-state index contributed by atoms with van der Waals surface area (Å²) in [6.45, 7) is 5.57. The van der Waals surface area contributed by atoms with E-state index in [9.17, 15) is 18.0 Å². The number of benzene rings is 1. The lowest BCUT2D eigenvalue weighted by molar-refractivity contribution is -0.134. The van der Waals surface area contributed by atoms with Crippen LogP contribution in [0, 0.1) is 0 Å². The van der Waals surface area contributed by atoms with Gasteiger partial charge < -0.3 is 4.90 Å². The molecule has 0 atom stereocenters. The lowest BCUT2D eigenvalue weighted by atomic mass is 10.2. The van der Waals surface area contributed by atoms with Crippen molar-refractivity contribution in [2.45, 2.75) is 32.4 Å². The second-order valence-corrected chi connectivity index (χ2v) is 6.76. The van der Waals surface area contributed by atoms with Crippen LogP contribution in [-0.2, 0) is 4.79 Å². The molecule has 2 aromatic rings. The number of hydrogen-bond acceptors (Lipinski definition) is 3. The first kappa shape index (κ1) is 21.8. The van der Waals surface area contributed by atoms with Crippen LogP contribution >= 0.6 is 11.6 Å². The molecule has 1 aromatic carbocycles. The SMILES string of the molecule is C=CC/C(C)=C/N(CCCC(F)(F)F)c1nc(-c2ccc(Cl)cc2)cn1C=O. The number of nitrogens with zero attached hydrogens (tertiary/aromatic N) is 3. The molecule has 2 rings (SSSR count). The molecular weight excluding hydrogens is 391 g/mol. The van der Waals surface area contributed by atoms with Crippen LogP contribution in [-0.4, -0.2) is 28.7 Å². The third-order valence-electron chi connectivity index (χ3n) is 3.93. The second-order valence-electron chi connectivity index (χ2n) is 6.33. The summed E-state index contributed by atoms with van der Waals surface area (Å²) < 4.78 is 38.9. The summed E-state index contributed by atoms with van der Waals surface area (Å²) in [7, 11) is 0. The van der Waals surface area contributed by atoms with Gasteiger partial charge in [-0.25, -0.2) is 4.98 Å². The van der Waals surface area contributed by atoms with Crippen LogP contribution < -0.4 is 4.90 Å². The maximum absolute atomic E-state index is 12.6. The fourth-order valence-electron chi connectivity index (χ4n) is 2.65. The normalized spacial score (nSPS) is 12.1. The van der Waals surface area contributed by atoms with Crippen molar-refractivity contribution in [2.75, 3.05) is 11.4 Å². The van der Waals surface area contributed by atoms with Crippen molar-refractivity contribution < 1.29 is 18.0 Å². The number of anilines is 1. The van der Waals surface area contributed by atoms with Crippen LogP contribution in [0.2, 0.25) is 5.02 Å². The molecule has 0 unspecified atom stereocenters. The van der Waals surface area contributed by atoms with Crippen molar-refractivity contribution in [3.05, 3.63) is 59.9 Å². The van der Waals surface area contributed by atoms with Crippen molar-refractivity contribution in [2.24, 2.45) is 0 Å². The molecule has 8 heteroatoms. The van der Waals surface area contributed by atoms with E-state index in [0.717, 1.165) is 11.1 Å². The third-order valence-corrected chi connectivity index (χ3v) is 4.18. The van der Waals surface area contributed by atoms with Crippen LogP contribution in [0.4, 0.5) is 19.1 Å². The molecule has 0 aliphatic carbocycles. The highest BCUT2D eigenvalue weighted by Gasteiger charge is 2.27. The first-order valence-electron chi connectivity index (χ1n) is 8.65. The minimum Gasteiger partial charge on any atom is -0.318 e. The summed E-state index contributed by atoms with van der Waals surface area (Å²) in [5.41, 5.74) is 2.15. The number of aromatic nitrogens is 2. The van der Waals surface area contributed by atoms with E-state index in [-0.39, 0.29) is 18.9 Å². The van der Waals surface area contributed by atoms with Gasteiger partial charge in [-0.2, -0.15) is 13.2 Å². The average molecular weight is 412 g/mol. The maximum atomic E-state index is 12.6. The highest BCUT2D eigenvalue weighted by atomic mass is 35.5. The fourth-order valence-corrected chi connectivity index (χ4v) is 2.78. The van der Waals surface area contributed by atoms with Crippen LogP contribution in [0.15, 0.2) is 54.9 Å². The summed E-state index contributed by atoms with van der Waals surface area (Å²) in [5.74, 6) is 0.255. The molecular formula is C20H21ClF3N3O. The van der Waals surface area contributed by atoms with Crippen molar-refractivity contribution in [3.8, 4) is 11.3 Å². The van der Waals surface area contributed by atoms with Crippen LogP contribution in [0.5, 0.6) is 0 Å². The smallest absolute Gasteiger partial charge is 0.318 e. The topological polar surface area (TPSA) is 38.1 Å². The Morgan fingerprint density at radius 2 is 2.00 bits per heavy atom. The number of hydrogen-bond donors (Lipinski definition) is 0. The number of allylic oxidation sites excluding steroid dienone is 2. The predicted molar refractivity (Wildman–Crippen MR) is 106 cm³/mol. The molecule has 0 aliphatic heterocycles. The number of rotatable bonds is 9. The fraction of sp³-hybridized carbons (Fsp3) is 0.300. The first-order chi connectivity index (χ1) is 13.2. The van der Waals surface area contributed by atoms with Crippen LogP contribution in [0.25, 0.3) is 11.3 Å². The van der Waals surface area contributed by atoms with Crippen molar-refractivity contribution in [1.82, 2.24) is 9.55 Å². The monoisotopic (exact) mass is 411 g/mol. The summed E-state index contributed by atoms with van der Waals surface area (Å²) in [4.78, 5) is 17.6. The van der Waals surface area contributed by atoms with Crippen molar-refractivity contribution in [3.63, 3.8) is 0 Å². The standard InChI is InChI=1S/C20H21ClF3N3O/c1-3-5-15(2)12-26(11-4-10-20(22,23)24)19-25-18(13-27(19)14-28)16-6-8-17(21)9-7-16/h3,6-9,12-14H,1,4-5,10-11H2,2H3/b15-12+. The Hall–Kier alpha value is -2.54. The molecule has 1 heterocycles. The molecule has 0 aliphatic rings. The first-order valence-corrected chi connectivity index (χ1v) is 9.03. The Morgan fingerprint density at radius 3 is 2.57 bits per heavy atom. The van der Waals surface area contributed by atoms with Gasteiger partial charge in [0.15, 0.2) is 0 Å². The van der Waals surface area contributed by atoms with Gasteiger partial charge in [0.05, 0.1) is 5.69 Å². The Kier molecular flexibility index (Phi) is 7.45. The molecule has 0 spiro atoms. The van der Waals surface area contributed by atoms with Crippen molar-refractivity contribution >= 4 is 24.0 Å². The number of imidazole rings is 1. The molecule has 0 bridgehead atoms. The lowest BCUT2D eigenvalue weighted by Gasteiger charge is -2.20. The molecule has 0 fully saturated rings. The Labute approximate surface area is 166 Å². The molecule has 1 aromatic heterocycles. The maximum Gasteiger partial charge on any atom is 0.389 e. The zero-order chi connectivity index (χ0) is 20.7. The molecule has 150 valence electrons. The van der Waals surface area contributed by atoms with Gasteiger partial charge in [-0.3, -0.25) is 9.36 Å². The largest absolute Gasteiger partial charge is 0.389 e. The molecule has 4 nitrogen and oxygen atoms in total. The van der Waals surface area contributed by atoms with Gasteiger partial charge in [0, 0.05) is 35.9 Å². The van der Waals surface area contributed by atoms with Gasteiger partial charge in [0.25, 0.3) is 0 Å². The van der Waals surface area contributed by atoms with Gasteiger partial charge in [0.2, 0.25) is 12.4 Å². The molecule has 0 N–H and O–H groups in total. The van der Waals surface area contributed by atoms with E-state index in [2.05, 4.69) is 11.6 Å². The highest BCUT2D eigenvalue weighted by molar-refractivity contribution is 6.30. The van der Waals surface area contributed by atoms with Gasteiger partial charge in [-0.15, -0.1) is 6.58 Å². The summed E-state index contributed by atoms with van der Waals surface area (Å²) in [6.07, 6.45) is 0.819. The van der Waals surface area contributed by atoms with Crippen LogP contribution in [0.1, 0.15) is 26.2 Å². The average Bonchev–Trinajstić information content (AvgIpc) is 3.05. The van der Waals surface area contributed by atoms with E-state index < -0.39 is 12.6 Å². The minimum absolute atomic E-state index is 0.0684. The van der Waals surface area contributed by atoms with E-state index in [4.69, 9.17) is 11.6 Å². The molecule has 28 heavy (non-hydrogen) atoms. The number of alkyl halides is 3. The zero-order valence-corrected chi connectivity index (χ0v) is 16.2. The van der Waals surface area contributed by atoms with Gasteiger partial charge in [-0.1, -0.05) is 35.4 Å². The lowest BCUT2D eigenvalue weighted by Crippen LogP contribution is -2.23. The molecule has 0 saturated carbocycles. The molecule has 0 amide bonds. The Bertz CT molecular complexity index is 841. The predicted octanol–water partition coefficient (Wildman–Crippen LogP) is 5.87. The van der Waals surface area contributed by atoms with Crippen molar-refractivity contribution in [1.29, 1.82) is 0 Å². The molecule has 0 radical (unpaired) electrons. The summed E-state index contributed by atoms with van der Waals surface area (Å²) >= 11 is 5.90. The third kappa shape index (κ3) is 6.27. The van der Waals surface area contributed by atoms with E-state index >= 15 is 0 Å². The van der Waals surface area contributed by atoms with E-state index in [1.165, 1.54) is 4.57 Å².